The Labute approximate surface area is 148 Å². The molecule has 1 fully saturated rings. The number of aromatic nitrogens is 2. The van der Waals surface area contributed by atoms with Crippen molar-refractivity contribution in [1.29, 1.82) is 0 Å². The van der Waals surface area contributed by atoms with Gasteiger partial charge in [0.05, 0.1) is 7.11 Å². The summed E-state index contributed by atoms with van der Waals surface area (Å²) in [5.41, 5.74) is 1.81. The summed E-state index contributed by atoms with van der Waals surface area (Å²) < 4.78 is 7.32. The van der Waals surface area contributed by atoms with Crippen LogP contribution in [-0.2, 0) is 13.5 Å². The van der Waals surface area contributed by atoms with Gasteiger partial charge in [-0.15, -0.1) is 0 Å². The third kappa shape index (κ3) is 4.13. The first-order chi connectivity index (χ1) is 12.1. The summed E-state index contributed by atoms with van der Waals surface area (Å²) in [6.45, 7) is 3.55. The molecule has 3 rings (SSSR count). The Hall–Kier alpha value is -2.50. The number of carbonyl (C=O) groups excluding carboxylic acids is 1. The van der Waals surface area contributed by atoms with Gasteiger partial charge in [0.15, 0.2) is 0 Å². The number of anilines is 1. The van der Waals surface area contributed by atoms with Gasteiger partial charge in [-0.25, -0.2) is 9.78 Å². The van der Waals surface area contributed by atoms with E-state index >= 15 is 0 Å². The number of urea groups is 1. The number of likely N-dealkylation sites (tertiary alicyclic amines) is 1. The van der Waals surface area contributed by atoms with Gasteiger partial charge in [0.1, 0.15) is 11.6 Å². The Balaban J connectivity index is 1.60. The normalized spacial score (nSPS) is 17.4. The quantitative estimate of drug-likeness (QED) is 0.928. The van der Waals surface area contributed by atoms with Gasteiger partial charge in [-0.05, 0) is 49.4 Å². The first-order valence-corrected chi connectivity index (χ1v) is 8.73. The molecule has 1 saturated heterocycles. The van der Waals surface area contributed by atoms with Crippen LogP contribution in [0.5, 0.6) is 5.75 Å². The summed E-state index contributed by atoms with van der Waals surface area (Å²) in [5, 5.41) is 3.01. The van der Waals surface area contributed by atoms with Gasteiger partial charge in [0.2, 0.25) is 0 Å². The van der Waals surface area contributed by atoms with E-state index in [4.69, 9.17) is 4.74 Å². The summed E-state index contributed by atoms with van der Waals surface area (Å²) in [6, 6.07) is 5.66. The van der Waals surface area contributed by atoms with Gasteiger partial charge in [0, 0.05) is 44.6 Å². The Kier molecular flexibility index (Phi) is 5.26. The van der Waals surface area contributed by atoms with Crippen molar-refractivity contribution in [2.45, 2.75) is 26.2 Å². The number of methoxy groups -OCH3 is 1. The molecule has 0 bridgehead atoms. The number of hydrogen-bond acceptors (Lipinski definition) is 3. The van der Waals surface area contributed by atoms with Crippen molar-refractivity contribution in [3.05, 3.63) is 42.0 Å². The lowest BCUT2D eigenvalue weighted by atomic mass is 9.94. The molecule has 0 unspecified atom stereocenters. The number of benzene rings is 1. The lowest BCUT2D eigenvalue weighted by Crippen LogP contribution is -2.43. The Morgan fingerprint density at radius 1 is 1.44 bits per heavy atom. The van der Waals surface area contributed by atoms with Crippen LogP contribution in [0, 0.1) is 12.8 Å². The summed E-state index contributed by atoms with van der Waals surface area (Å²) in [5.74, 6) is 2.36. The van der Waals surface area contributed by atoms with Crippen LogP contribution in [0.2, 0.25) is 0 Å². The smallest absolute Gasteiger partial charge is 0.321 e. The zero-order chi connectivity index (χ0) is 17.8. The topological polar surface area (TPSA) is 59.4 Å². The minimum Gasteiger partial charge on any atom is -0.496 e. The third-order valence-electron chi connectivity index (χ3n) is 4.84. The first-order valence-electron chi connectivity index (χ1n) is 8.73. The highest BCUT2D eigenvalue weighted by molar-refractivity contribution is 5.89. The van der Waals surface area contributed by atoms with Crippen molar-refractivity contribution in [3.8, 4) is 5.75 Å². The molecule has 0 saturated carbocycles. The molecular formula is C19H26N4O2. The number of nitrogens with one attached hydrogen (secondary N) is 1. The summed E-state index contributed by atoms with van der Waals surface area (Å²) >= 11 is 0. The van der Waals surface area contributed by atoms with Gasteiger partial charge in [-0.1, -0.05) is 0 Å². The number of hydrogen-bond donors (Lipinski definition) is 1. The molecule has 1 N–H and O–H groups in total. The van der Waals surface area contributed by atoms with Crippen LogP contribution in [0.15, 0.2) is 30.6 Å². The summed E-state index contributed by atoms with van der Waals surface area (Å²) in [7, 11) is 3.66. The maximum atomic E-state index is 12.6. The minimum atomic E-state index is -0.0332. The second-order valence-electron chi connectivity index (χ2n) is 6.73. The molecule has 1 aromatic carbocycles. The number of aryl methyl sites for hydroxylation is 2. The Morgan fingerprint density at radius 3 is 2.96 bits per heavy atom. The van der Waals surface area contributed by atoms with Crippen LogP contribution in [0.4, 0.5) is 10.5 Å². The van der Waals surface area contributed by atoms with Gasteiger partial charge in [-0.3, -0.25) is 0 Å². The van der Waals surface area contributed by atoms with Gasteiger partial charge < -0.3 is 19.5 Å². The molecule has 0 aliphatic carbocycles. The fourth-order valence-electron chi connectivity index (χ4n) is 3.43. The van der Waals surface area contributed by atoms with E-state index in [1.807, 2.05) is 49.5 Å². The van der Waals surface area contributed by atoms with E-state index in [0.29, 0.717) is 5.92 Å². The lowest BCUT2D eigenvalue weighted by Gasteiger charge is -2.32. The van der Waals surface area contributed by atoms with E-state index < -0.39 is 0 Å². The fraction of sp³-hybridized carbons (Fsp3) is 0.474. The average molecular weight is 342 g/mol. The Bertz CT molecular complexity index is 741. The summed E-state index contributed by atoms with van der Waals surface area (Å²) in [6.07, 6.45) is 6.88. The van der Waals surface area contributed by atoms with Crippen LogP contribution < -0.4 is 10.1 Å². The van der Waals surface area contributed by atoms with E-state index in [2.05, 4.69) is 14.9 Å². The molecule has 1 aliphatic rings. The highest BCUT2D eigenvalue weighted by Crippen LogP contribution is 2.23. The number of piperidine rings is 1. The molecule has 134 valence electrons. The first kappa shape index (κ1) is 17.3. The van der Waals surface area contributed by atoms with Crippen molar-refractivity contribution < 1.29 is 9.53 Å². The van der Waals surface area contributed by atoms with Crippen molar-refractivity contribution in [2.75, 3.05) is 25.5 Å². The predicted molar refractivity (Wildman–Crippen MR) is 98.0 cm³/mol. The standard InChI is InChI=1S/C19H26N4O2/c1-14-11-16(6-7-17(14)25-3)21-19(24)23-9-4-5-15(13-23)12-18-20-8-10-22(18)2/h6-8,10-11,15H,4-5,9,12-13H2,1-3H3,(H,21,24)/t15-/m1/s1. The molecule has 2 amide bonds. The molecule has 25 heavy (non-hydrogen) atoms. The van der Waals surface area contributed by atoms with E-state index in [9.17, 15) is 4.79 Å². The molecule has 2 aromatic rings. The van der Waals surface area contributed by atoms with E-state index in [1.165, 1.54) is 0 Å². The molecule has 1 atom stereocenters. The van der Waals surface area contributed by atoms with Gasteiger partial charge in [-0.2, -0.15) is 0 Å². The number of nitrogens with zero attached hydrogens (tertiary/aromatic N) is 3. The predicted octanol–water partition coefficient (Wildman–Crippen LogP) is 3.22. The number of imidazole rings is 1. The van der Waals surface area contributed by atoms with Crippen molar-refractivity contribution in [2.24, 2.45) is 13.0 Å². The van der Waals surface area contributed by atoms with Crippen LogP contribution in [0.1, 0.15) is 24.2 Å². The van der Waals surface area contributed by atoms with E-state index in [-0.39, 0.29) is 6.03 Å². The largest absolute Gasteiger partial charge is 0.496 e. The number of amides is 2. The number of rotatable bonds is 4. The Morgan fingerprint density at radius 2 is 2.28 bits per heavy atom. The molecule has 1 aromatic heterocycles. The number of carbonyl (C=O) groups is 1. The van der Waals surface area contributed by atoms with Gasteiger partial charge >= 0.3 is 6.03 Å². The fourth-order valence-corrected chi connectivity index (χ4v) is 3.43. The number of ether oxygens (including phenoxy) is 1. The molecular weight excluding hydrogens is 316 g/mol. The third-order valence-corrected chi connectivity index (χ3v) is 4.84. The van der Waals surface area contributed by atoms with Crippen LogP contribution in [0.3, 0.4) is 0 Å². The average Bonchev–Trinajstić information content (AvgIpc) is 3.00. The second kappa shape index (κ2) is 7.59. The minimum absolute atomic E-state index is 0.0332. The van der Waals surface area contributed by atoms with E-state index in [1.54, 1.807) is 7.11 Å². The highest BCUT2D eigenvalue weighted by atomic mass is 16.5. The van der Waals surface area contributed by atoms with Crippen LogP contribution in [0.25, 0.3) is 0 Å². The van der Waals surface area contributed by atoms with Gasteiger partial charge in [0.25, 0.3) is 0 Å². The second-order valence-corrected chi connectivity index (χ2v) is 6.73. The molecule has 0 spiro atoms. The lowest BCUT2D eigenvalue weighted by molar-refractivity contribution is 0.176. The molecule has 2 heterocycles. The molecule has 1 aliphatic heterocycles. The molecule has 6 heteroatoms. The molecule has 0 radical (unpaired) electrons. The zero-order valence-corrected chi connectivity index (χ0v) is 15.2. The monoisotopic (exact) mass is 342 g/mol. The van der Waals surface area contributed by atoms with Crippen LogP contribution in [-0.4, -0.2) is 40.7 Å². The van der Waals surface area contributed by atoms with Crippen LogP contribution >= 0.6 is 0 Å². The van der Waals surface area contributed by atoms with Crippen molar-refractivity contribution in [1.82, 2.24) is 14.5 Å². The van der Waals surface area contributed by atoms with Crippen molar-refractivity contribution in [3.63, 3.8) is 0 Å². The van der Waals surface area contributed by atoms with Crippen molar-refractivity contribution >= 4 is 11.7 Å². The molecule has 6 nitrogen and oxygen atoms in total. The zero-order valence-electron chi connectivity index (χ0n) is 15.2. The maximum absolute atomic E-state index is 12.6. The summed E-state index contributed by atoms with van der Waals surface area (Å²) in [4.78, 5) is 18.9. The van der Waals surface area contributed by atoms with E-state index in [0.717, 1.165) is 55.2 Å². The maximum Gasteiger partial charge on any atom is 0.321 e. The SMILES string of the molecule is COc1ccc(NC(=O)N2CCC[C@H](Cc3nccn3C)C2)cc1C. The highest BCUT2D eigenvalue weighted by Gasteiger charge is 2.24.